The molecule has 1 aromatic heterocycles. The van der Waals surface area contributed by atoms with Crippen LogP contribution in [0.4, 0.5) is 0 Å². The maximum absolute atomic E-state index is 5.32. The molecule has 1 aromatic rings. The minimum atomic E-state index is 0.295. The fourth-order valence-corrected chi connectivity index (χ4v) is 3.59. The van der Waals surface area contributed by atoms with E-state index in [1.807, 2.05) is 6.92 Å². The van der Waals surface area contributed by atoms with Crippen molar-refractivity contribution in [3.8, 4) is 0 Å². The number of nitrogens with one attached hydrogen (secondary N) is 1. The molecule has 3 heterocycles. The lowest BCUT2D eigenvalue weighted by molar-refractivity contribution is -0.00187. The summed E-state index contributed by atoms with van der Waals surface area (Å²) in [4.78, 5) is 7.05. The maximum atomic E-state index is 5.32. The number of aromatic nitrogens is 1. The molecule has 2 atom stereocenters. The Labute approximate surface area is 109 Å². The van der Waals surface area contributed by atoms with Crippen molar-refractivity contribution in [2.45, 2.75) is 57.7 Å². The number of hydrogen-bond acceptors (Lipinski definition) is 4. The molecule has 0 aromatic carbocycles. The van der Waals surface area contributed by atoms with Crippen LogP contribution in [0.3, 0.4) is 0 Å². The van der Waals surface area contributed by atoms with Crippen molar-refractivity contribution in [1.82, 2.24) is 15.2 Å². The van der Waals surface area contributed by atoms with Crippen molar-refractivity contribution in [1.29, 1.82) is 0 Å². The summed E-state index contributed by atoms with van der Waals surface area (Å²) in [7, 11) is 0. The predicted molar refractivity (Wildman–Crippen MR) is 70.3 cm³/mol. The third-order valence-corrected chi connectivity index (χ3v) is 4.66. The van der Waals surface area contributed by atoms with E-state index in [4.69, 9.17) is 4.42 Å². The molecule has 4 heteroatoms. The Bertz CT molecular complexity index is 415. The second kappa shape index (κ2) is 4.67. The second-order valence-corrected chi connectivity index (χ2v) is 5.89. The van der Waals surface area contributed by atoms with E-state index in [0.29, 0.717) is 11.6 Å². The van der Waals surface area contributed by atoms with Crippen molar-refractivity contribution in [2.24, 2.45) is 0 Å². The van der Waals surface area contributed by atoms with Gasteiger partial charge in [-0.3, -0.25) is 4.90 Å². The van der Waals surface area contributed by atoms with Crippen LogP contribution < -0.4 is 5.32 Å². The number of hydrogen-bond donors (Lipinski definition) is 1. The van der Waals surface area contributed by atoms with Gasteiger partial charge in [0.1, 0.15) is 6.26 Å². The molecule has 2 saturated heterocycles. The lowest BCUT2D eigenvalue weighted by atomic mass is 9.77. The van der Waals surface area contributed by atoms with Gasteiger partial charge in [0.2, 0.25) is 0 Å². The Hall–Kier alpha value is -0.870. The highest BCUT2D eigenvalue weighted by Gasteiger charge is 2.43. The number of piperidine rings is 2. The zero-order valence-corrected chi connectivity index (χ0v) is 11.4. The van der Waals surface area contributed by atoms with E-state index in [2.05, 4.69) is 22.1 Å². The molecule has 0 bridgehead atoms. The van der Waals surface area contributed by atoms with Crippen molar-refractivity contribution >= 4 is 0 Å². The van der Waals surface area contributed by atoms with E-state index in [0.717, 1.165) is 18.1 Å². The molecule has 100 valence electrons. The van der Waals surface area contributed by atoms with Gasteiger partial charge < -0.3 is 9.73 Å². The summed E-state index contributed by atoms with van der Waals surface area (Å²) in [6.07, 6.45) is 6.97. The quantitative estimate of drug-likeness (QED) is 0.871. The Morgan fingerprint density at radius 2 is 2.44 bits per heavy atom. The number of rotatable bonds is 2. The molecular weight excluding hydrogens is 226 g/mol. The molecule has 0 radical (unpaired) electrons. The van der Waals surface area contributed by atoms with Gasteiger partial charge in [-0.05, 0) is 45.7 Å². The van der Waals surface area contributed by atoms with Gasteiger partial charge in [0.05, 0.1) is 5.69 Å². The standard InChI is InChI=1S/C14H23N3O/c1-11-16-12(10-18-11)9-17-8-3-5-13-14(17,2)6-4-7-15-13/h10,13,15H,3-9H2,1-2H3/t13-,14+/m1/s1. The number of oxazole rings is 1. The lowest BCUT2D eigenvalue weighted by Crippen LogP contribution is -2.64. The molecule has 0 unspecified atom stereocenters. The van der Waals surface area contributed by atoms with Gasteiger partial charge in [-0.2, -0.15) is 0 Å². The first-order chi connectivity index (χ1) is 8.68. The number of likely N-dealkylation sites (tertiary alicyclic amines) is 1. The Balaban J connectivity index is 1.77. The monoisotopic (exact) mass is 249 g/mol. The molecule has 2 aliphatic heterocycles. The van der Waals surface area contributed by atoms with E-state index < -0.39 is 0 Å². The Kier molecular flexibility index (Phi) is 3.16. The number of fused-ring (bicyclic) bond motifs is 1. The van der Waals surface area contributed by atoms with E-state index in [9.17, 15) is 0 Å². The molecule has 1 N–H and O–H groups in total. The van der Waals surface area contributed by atoms with Crippen molar-refractivity contribution < 1.29 is 4.42 Å². The molecular formula is C14H23N3O. The van der Waals surface area contributed by atoms with Crippen LogP contribution in [0.25, 0.3) is 0 Å². The van der Waals surface area contributed by atoms with Gasteiger partial charge >= 0.3 is 0 Å². The van der Waals surface area contributed by atoms with Crippen LogP contribution in [0.15, 0.2) is 10.7 Å². The summed E-state index contributed by atoms with van der Waals surface area (Å²) in [6, 6.07) is 0.646. The minimum absolute atomic E-state index is 0.295. The van der Waals surface area contributed by atoms with Crippen LogP contribution >= 0.6 is 0 Å². The van der Waals surface area contributed by atoms with Crippen molar-refractivity contribution in [3.05, 3.63) is 17.8 Å². The van der Waals surface area contributed by atoms with E-state index >= 15 is 0 Å². The first-order valence-corrected chi connectivity index (χ1v) is 7.08. The van der Waals surface area contributed by atoms with Crippen LogP contribution in [0.1, 0.15) is 44.2 Å². The van der Waals surface area contributed by atoms with Crippen LogP contribution in [0, 0.1) is 6.92 Å². The molecule has 4 nitrogen and oxygen atoms in total. The largest absolute Gasteiger partial charge is 0.449 e. The van der Waals surface area contributed by atoms with Crippen LogP contribution in [0.5, 0.6) is 0 Å². The fraction of sp³-hybridized carbons (Fsp3) is 0.786. The van der Waals surface area contributed by atoms with Crippen molar-refractivity contribution in [2.75, 3.05) is 13.1 Å². The number of aryl methyl sites for hydroxylation is 1. The average Bonchev–Trinajstić information content (AvgIpc) is 2.76. The smallest absolute Gasteiger partial charge is 0.191 e. The van der Waals surface area contributed by atoms with E-state index in [-0.39, 0.29) is 0 Å². The van der Waals surface area contributed by atoms with Gasteiger partial charge in [0.15, 0.2) is 5.89 Å². The SMILES string of the molecule is Cc1nc(CN2CCC[C@H]3NCCC[C@@]32C)co1. The zero-order chi connectivity index (χ0) is 12.6. The van der Waals surface area contributed by atoms with Crippen LogP contribution in [-0.2, 0) is 6.54 Å². The highest BCUT2D eigenvalue weighted by atomic mass is 16.3. The van der Waals surface area contributed by atoms with Gasteiger partial charge in [-0.25, -0.2) is 4.98 Å². The predicted octanol–water partition coefficient (Wildman–Crippen LogP) is 2.09. The topological polar surface area (TPSA) is 41.3 Å². The van der Waals surface area contributed by atoms with E-state index in [1.165, 1.54) is 38.8 Å². The molecule has 0 spiro atoms. The molecule has 0 amide bonds. The Morgan fingerprint density at radius 3 is 3.22 bits per heavy atom. The third kappa shape index (κ3) is 2.08. The van der Waals surface area contributed by atoms with Crippen molar-refractivity contribution in [3.63, 3.8) is 0 Å². The summed E-state index contributed by atoms with van der Waals surface area (Å²) in [6.45, 7) is 7.60. The molecule has 18 heavy (non-hydrogen) atoms. The summed E-state index contributed by atoms with van der Waals surface area (Å²) in [5.41, 5.74) is 1.36. The molecule has 0 saturated carbocycles. The summed E-state index contributed by atoms with van der Waals surface area (Å²) in [5, 5.41) is 3.70. The molecule has 3 rings (SSSR count). The van der Waals surface area contributed by atoms with E-state index in [1.54, 1.807) is 6.26 Å². The normalized spacial score (nSPS) is 33.3. The van der Waals surface area contributed by atoms with Crippen LogP contribution in [0.2, 0.25) is 0 Å². The summed E-state index contributed by atoms with van der Waals surface area (Å²) < 4.78 is 5.32. The number of nitrogens with zero attached hydrogens (tertiary/aromatic N) is 2. The summed E-state index contributed by atoms with van der Waals surface area (Å²) >= 11 is 0. The van der Waals surface area contributed by atoms with Gasteiger partial charge in [-0.15, -0.1) is 0 Å². The maximum Gasteiger partial charge on any atom is 0.191 e. The van der Waals surface area contributed by atoms with Gasteiger partial charge in [0, 0.05) is 25.0 Å². The minimum Gasteiger partial charge on any atom is -0.449 e. The first-order valence-electron chi connectivity index (χ1n) is 7.08. The highest BCUT2D eigenvalue weighted by Crippen LogP contribution is 2.35. The van der Waals surface area contributed by atoms with Crippen LogP contribution in [-0.4, -0.2) is 34.6 Å². The summed E-state index contributed by atoms with van der Waals surface area (Å²) in [5.74, 6) is 0.769. The first kappa shape index (κ1) is 12.2. The zero-order valence-electron chi connectivity index (χ0n) is 11.4. The second-order valence-electron chi connectivity index (χ2n) is 5.89. The average molecular weight is 249 g/mol. The molecule has 0 aliphatic carbocycles. The van der Waals surface area contributed by atoms with Gasteiger partial charge in [0.25, 0.3) is 0 Å². The lowest BCUT2D eigenvalue weighted by Gasteiger charge is -2.53. The highest BCUT2D eigenvalue weighted by molar-refractivity contribution is 5.05. The molecule has 2 fully saturated rings. The van der Waals surface area contributed by atoms with Gasteiger partial charge in [-0.1, -0.05) is 0 Å². The fourth-order valence-electron chi connectivity index (χ4n) is 3.59. The third-order valence-electron chi connectivity index (χ3n) is 4.66. The Morgan fingerprint density at radius 1 is 1.56 bits per heavy atom. The molecule has 2 aliphatic rings.